The zero-order chi connectivity index (χ0) is 18.2. The Morgan fingerprint density at radius 3 is 2.58 bits per heavy atom. The molecular weight excluding hydrogens is 360 g/mol. The second-order valence-electron chi connectivity index (χ2n) is 6.31. The van der Waals surface area contributed by atoms with Crippen molar-refractivity contribution in [2.24, 2.45) is 0 Å². The lowest BCUT2D eigenvalue weighted by Crippen LogP contribution is -2.37. The van der Waals surface area contributed by atoms with Crippen molar-refractivity contribution in [1.29, 1.82) is 0 Å². The van der Waals surface area contributed by atoms with E-state index in [0.717, 1.165) is 19.5 Å². The minimum absolute atomic E-state index is 0.0831. The van der Waals surface area contributed by atoms with Gasteiger partial charge in [0.2, 0.25) is 5.91 Å². The summed E-state index contributed by atoms with van der Waals surface area (Å²) < 4.78 is 0. The normalized spacial score (nSPS) is 11.0. The van der Waals surface area contributed by atoms with E-state index in [-0.39, 0.29) is 5.91 Å². The van der Waals surface area contributed by atoms with Crippen LogP contribution in [-0.2, 0) is 24.3 Å². The van der Waals surface area contributed by atoms with Crippen LogP contribution in [0.5, 0.6) is 0 Å². The van der Waals surface area contributed by atoms with E-state index < -0.39 is 0 Å². The molecule has 0 aliphatic carbocycles. The van der Waals surface area contributed by atoms with Gasteiger partial charge in [-0.1, -0.05) is 36.4 Å². The molecule has 0 bridgehead atoms. The van der Waals surface area contributed by atoms with Crippen molar-refractivity contribution >= 4 is 28.6 Å². The van der Waals surface area contributed by atoms with Gasteiger partial charge in [0.25, 0.3) is 0 Å². The number of hydrogen-bond donors (Lipinski definition) is 1. The summed E-state index contributed by atoms with van der Waals surface area (Å²) in [6.45, 7) is 4.84. The smallest absolute Gasteiger partial charge is 0.234 e. The largest absolute Gasteiger partial charge is 0.350 e. The highest BCUT2D eigenvalue weighted by Crippen LogP contribution is 2.17. The molecule has 0 aliphatic rings. The van der Waals surface area contributed by atoms with Gasteiger partial charge in [-0.05, 0) is 42.5 Å². The second kappa shape index (κ2) is 9.67. The molecule has 3 nitrogen and oxygen atoms in total. The van der Waals surface area contributed by atoms with Crippen LogP contribution in [0.4, 0.5) is 0 Å². The number of nitrogens with zero attached hydrogens (tertiary/aromatic N) is 1. The van der Waals surface area contributed by atoms with Crippen LogP contribution in [0.1, 0.15) is 20.2 Å². The molecule has 1 aromatic carbocycles. The van der Waals surface area contributed by atoms with E-state index in [0.29, 0.717) is 13.1 Å². The van der Waals surface area contributed by atoms with Crippen LogP contribution in [0.2, 0.25) is 0 Å². The minimum atomic E-state index is 0.0831. The van der Waals surface area contributed by atoms with Crippen LogP contribution in [-0.4, -0.2) is 23.9 Å². The minimum Gasteiger partial charge on any atom is -0.350 e. The van der Waals surface area contributed by atoms with Gasteiger partial charge in [0, 0.05) is 27.7 Å². The molecule has 136 valence electrons. The van der Waals surface area contributed by atoms with E-state index in [9.17, 15) is 4.79 Å². The van der Waals surface area contributed by atoms with Crippen LogP contribution in [0.25, 0.3) is 0 Å². The Labute approximate surface area is 163 Å². The number of benzene rings is 1. The fourth-order valence-corrected chi connectivity index (χ4v) is 4.37. The summed E-state index contributed by atoms with van der Waals surface area (Å²) in [6.07, 6.45) is 0.948. The molecule has 1 amide bonds. The fraction of sp³-hybridized carbons (Fsp3) is 0.286. The predicted molar refractivity (Wildman–Crippen MR) is 111 cm³/mol. The fourth-order valence-electron chi connectivity index (χ4n) is 2.79. The van der Waals surface area contributed by atoms with E-state index in [1.54, 1.807) is 22.7 Å². The average Bonchev–Trinajstić information content (AvgIpc) is 3.30. The van der Waals surface area contributed by atoms with E-state index in [1.165, 1.54) is 20.2 Å². The quantitative estimate of drug-likeness (QED) is 0.590. The van der Waals surface area contributed by atoms with Crippen molar-refractivity contribution in [1.82, 2.24) is 10.2 Å². The molecule has 0 radical (unpaired) electrons. The first-order chi connectivity index (χ1) is 12.7. The Bertz CT molecular complexity index is 797. The Morgan fingerprint density at radius 1 is 1.04 bits per heavy atom. The van der Waals surface area contributed by atoms with Gasteiger partial charge in [0.05, 0.1) is 13.1 Å². The zero-order valence-electron chi connectivity index (χ0n) is 15.0. The van der Waals surface area contributed by atoms with Crippen molar-refractivity contribution in [3.05, 3.63) is 80.2 Å². The maximum absolute atomic E-state index is 12.4. The molecule has 2 heterocycles. The van der Waals surface area contributed by atoms with Crippen LogP contribution in [0, 0.1) is 6.92 Å². The van der Waals surface area contributed by atoms with Crippen molar-refractivity contribution < 1.29 is 4.79 Å². The molecule has 0 atom stereocenters. The highest BCUT2D eigenvalue weighted by molar-refractivity contribution is 7.11. The molecule has 1 N–H and O–H groups in total. The maximum atomic E-state index is 12.4. The van der Waals surface area contributed by atoms with Crippen molar-refractivity contribution in [2.45, 2.75) is 26.4 Å². The van der Waals surface area contributed by atoms with Gasteiger partial charge >= 0.3 is 0 Å². The third kappa shape index (κ3) is 6.09. The first kappa shape index (κ1) is 18.8. The molecule has 0 spiro atoms. The number of aryl methyl sites for hydroxylation is 1. The molecule has 0 saturated heterocycles. The van der Waals surface area contributed by atoms with E-state index in [1.807, 2.05) is 23.6 Å². The average molecular weight is 385 g/mol. The van der Waals surface area contributed by atoms with Crippen molar-refractivity contribution in [2.75, 3.05) is 13.1 Å². The number of carbonyl (C=O) groups is 1. The van der Waals surface area contributed by atoms with Gasteiger partial charge in [-0.15, -0.1) is 22.7 Å². The molecule has 2 aromatic heterocycles. The van der Waals surface area contributed by atoms with Crippen LogP contribution >= 0.6 is 22.7 Å². The standard InChI is InChI=1S/C21H24N2OS2/c1-17-9-10-20(26-17)15-23(12-11-18-6-3-2-4-7-18)16-21(24)22-14-19-8-5-13-25-19/h2-10,13H,11-12,14-16H2,1H3,(H,22,24). The van der Waals surface area contributed by atoms with Gasteiger partial charge in [-0.25, -0.2) is 0 Å². The number of hydrogen-bond acceptors (Lipinski definition) is 4. The third-order valence-electron chi connectivity index (χ3n) is 4.14. The highest BCUT2D eigenvalue weighted by Gasteiger charge is 2.13. The molecule has 3 aromatic rings. The van der Waals surface area contributed by atoms with Crippen LogP contribution in [0.3, 0.4) is 0 Å². The van der Waals surface area contributed by atoms with Gasteiger partial charge in [-0.3, -0.25) is 9.69 Å². The lowest BCUT2D eigenvalue weighted by molar-refractivity contribution is -0.122. The summed E-state index contributed by atoms with van der Waals surface area (Å²) >= 11 is 3.47. The zero-order valence-corrected chi connectivity index (χ0v) is 16.6. The number of thiophene rings is 2. The molecule has 0 aliphatic heterocycles. The molecule has 3 rings (SSSR count). The lowest BCUT2D eigenvalue weighted by atomic mass is 10.1. The van der Waals surface area contributed by atoms with Crippen LogP contribution < -0.4 is 5.32 Å². The molecule has 0 saturated carbocycles. The summed E-state index contributed by atoms with van der Waals surface area (Å²) in [5, 5.41) is 5.07. The Kier molecular flexibility index (Phi) is 7.00. The maximum Gasteiger partial charge on any atom is 0.234 e. The van der Waals surface area contributed by atoms with Crippen molar-refractivity contribution in [3.63, 3.8) is 0 Å². The third-order valence-corrected chi connectivity index (χ3v) is 6.00. The number of amides is 1. The number of rotatable bonds is 9. The molecule has 0 unspecified atom stereocenters. The molecule has 5 heteroatoms. The lowest BCUT2D eigenvalue weighted by Gasteiger charge is -2.21. The highest BCUT2D eigenvalue weighted by atomic mass is 32.1. The monoisotopic (exact) mass is 384 g/mol. The first-order valence-electron chi connectivity index (χ1n) is 8.80. The summed E-state index contributed by atoms with van der Waals surface area (Å²) in [6, 6.07) is 18.8. The van der Waals surface area contributed by atoms with Crippen LogP contribution in [0.15, 0.2) is 60.0 Å². The number of carbonyl (C=O) groups excluding carboxylic acids is 1. The van der Waals surface area contributed by atoms with E-state index >= 15 is 0 Å². The van der Waals surface area contributed by atoms with Gasteiger partial charge < -0.3 is 5.32 Å². The SMILES string of the molecule is Cc1ccc(CN(CCc2ccccc2)CC(=O)NCc2cccs2)s1. The molecule has 26 heavy (non-hydrogen) atoms. The van der Waals surface area contributed by atoms with Gasteiger partial charge in [-0.2, -0.15) is 0 Å². The van der Waals surface area contributed by atoms with E-state index in [4.69, 9.17) is 0 Å². The number of nitrogens with one attached hydrogen (secondary N) is 1. The summed E-state index contributed by atoms with van der Waals surface area (Å²) in [4.78, 5) is 18.4. The first-order valence-corrected chi connectivity index (χ1v) is 10.5. The summed E-state index contributed by atoms with van der Waals surface area (Å²) in [5.41, 5.74) is 1.30. The Hall–Kier alpha value is -1.95. The predicted octanol–water partition coefficient (Wildman–Crippen LogP) is 4.48. The second-order valence-corrected chi connectivity index (χ2v) is 8.72. The van der Waals surface area contributed by atoms with Gasteiger partial charge in [0.15, 0.2) is 0 Å². The summed E-state index contributed by atoms with van der Waals surface area (Å²) in [7, 11) is 0. The topological polar surface area (TPSA) is 32.3 Å². The molecule has 0 fully saturated rings. The Morgan fingerprint density at radius 2 is 1.88 bits per heavy atom. The van der Waals surface area contributed by atoms with E-state index in [2.05, 4.69) is 53.5 Å². The Balaban J connectivity index is 1.56. The molecular formula is C21H24N2OS2. The van der Waals surface area contributed by atoms with Gasteiger partial charge in [0.1, 0.15) is 0 Å². The van der Waals surface area contributed by atoms with Crippen molar-refractivity contribution in [3.8, 4) is 0 Å². The summed E-state index contributed by atoms with van der Waals surface area (Å²) in [5.74, 6) is 0.0831.